The van der Waals surface area contributed by atoms with E-state index in [4.69, 9.17) is 0 Å². The van der Waals surface area contributed by atoms with Gasteiger partial charge in [0, 0.05) is 26.2 Å². The van der Waals surface area contributed by atoms with Gasteiger partial charge in [0.15, 0.2) is 0 Å². The van der Waals surface area contributed by atoms with E-state index in [1.54, 1.807) is 0 Å². The summed E-state index contributed by atoms with van der Waals surface area (Å²) in [5, 5.41) is 15.6. The molecule has 0 spiro atoms. The zero-order chi connectivity index (χ0) is 21.6. The highest BCUT2D eigenvalue weighted by molar-refractivity contribution is 6.23. The summed E-state index contributed by atoms with van der Waals surface area (Å²) in [4.78, 5) is 2.69. The van der Waals surface area contributed by atoms with Crippen LogP contribution in [0.3, 0.4) is 0 Å². The minimum Gasteiger partial charge on any atom is -0.315 e. The van der Waals surface area contributed by atoms with Crippen molar-refractivity contribution in [3.63, 3.8) is 0 Å². The molecule has 3 heteroatoms. The van der Waals surface area contributed by atoms with Crippen LogP contribution in [0.2, 0.25) is 0 Å². The standard InChI is InChI=1S/C29H37N3/c1-3-16-30-17-18-31-19-22-32(20-4-1)21-5-2-7-23-10-11-26-13-12-24-8-6-9-25-14-15-27(23)29(26)28(24)25/h6,8-15,30-31H,1-5,7,16-22H2. The zero-order valence-corrected chi connectivity index (χ0v) is 19.3. The molecule has 0 radical (unpaired) electrons. The van der Waals surface area contributed by atoms with Crippen molar-refractivity contribution in [2.24, 2.45) is 0 Å². The van der Waals surface area contributed by atoms with Crippen molar-refractivity contribution in [3.05, 3.63) is 60.2 Å². The van der Waals surface area contributed by atoms with Crippen LogP contribution in [0.1, 0.15) is 37.7 Å². The number of unbranched alkanes of at least 4 members (excludes halogenated alkanes) is 1. The molecule has 1 aliphatic rings. The predicted molar refractivity (Wildman–Crippen MR) is 139 cm³/mol. The second-order valence-electron chi connectivity index (χ2n) is 9.44. The zero-order valence-electron chi connectivity index (χ0n) is 19.3. The summed E-state index contributed by atoms with van der Waals surface area (Å²) in [7, 11) is 0. The molecule has 0 unspecified atom stereocenters. The molecule has 168 valence electrons. The van der Waals surface area contributed by atoms with E-state index in [1.807, 2.05) is 0 Å². The second kappa shape index (κ2) is 10.6. The van der Waals surface area contributed by atoms with Gasteiger partial charge in [0.1, 0.15) is 0 Å². The normalized spacial score (nSPS) is 17.6. The Bertz CT molecular complexity index is 1110. The van der Waals surface area contributed by atoms with Crippen molar-refractivity contribution in [2.45, 2.75) is 38.5 Å². The van der Waals surface area contributed by atoms with E-state index in [2.05, 4.69) is 70.1 Å². The maximum atomic E-state index is 3.59. The average molecular weight is 428 g/mol. The van der Waals surface area contributed by atoms with Gasteiger partial charge in [0.2, 0.25) is 0 Å². The van der Waals surface area contributed by atoms with E-state index in [0.717, 1.165) is 19.6 Å². The van der Waals surface area contributed by atoms with E-state index in [9.17, 15) is 0 Å². The van der Waals surface area contributed by atoms with Crippen molar-refractivity contribution < 1.29 is 0 Å². The minimum atomic E-state index is 1.09. The van der Waals surface area contributed by atoms with Gasteiger partial charge in [-0.25, -0.2) is 0 Å². The second-order valence-corrected chi connectivity index (χ2v) is 9.44. The van der Waals surface area contributed by atoms with Crippen LogP contribution < -0.4 is 10.6 Å². The van der Waals surface area contributed by atoms with Gasteiger partial charge in [-0.15, -0.1) is 0 Å². The summed E-state index contributed by atoms with van der Waals surface area (Å²) in [6, 6.07) is 20.6. The molecular formula is C29H37N3. The fourth-order valence-electron chi connectivity index (χ4n) is 5.43. The van der Waals surface area contributed by atoms with Crippen LogP contribution in [0.15, 0.2) is 54.6 Å². The quantitative estimate of drug-likeness (QED) is 0.322. The number of hydrogen-bond donors (Lipinski definition) is 2. The summed E-state index contributed by atoms with van der Waals surface area (Å²) in [5.41, 5.74) is 1.51. The molecule has 1 saturated heterocycles. The first-order valence-electron chi connectivity index (χ1n) is 12.7. The predicted octanol–water partition coefficient (Wildman–Crippen LogP) is 5.57. The van der Waals surface area contributed by atoms with Gasteiger partial charge in [-0.2, -0.15) is 0 Å². The van der Waals surface area contributed by atoms with E-state index < -0.39 is 0 Å². The van der Waals surface area contributed by atoms with Gasteiger partial charge < -0.3 is 15.5 Å². The first kappa shape index (κ1) is 21.6. The maximum Gasteiger partial charge on any atom is 0.0107 e. The van der Waals surface area contributed by atoms with Gasteiger partial charge in [-0.05, 0) is 89.6 Å². The first-order chi connectivity index (χ1) is 15.9. The third-order valence-corrected chi connectivity index (χ3v) is 7.20. The Morgan fingerprint density at radius 3 is 2.25 bits per heavy atom. The molecule has 32 heavy (non-hydrogen) atoms. The number of nitrogens with one attached hydrogen (secondary N) is 2. The molecule has 0 aromatic heterocycles. The molecule has 1 fully saturated rings. The van der Waals surface area contributed by atoms with Gasteiger partial charge in [0.05, 0.1) is 0 Å². The molecular weight excluding hydrogens is 390 g/mol. The summed E-state index contributed by atoms with van der Waals surface area (Å²) < 4.78 is 0. The molecule has 1 heterocycles. The van der Waals surface area contributed by atoms with Crippen molar-refractivity contribution in [1.29, 1.82) is 0 Å². The highest BCUT2D eigenvalue weighted by Gasteiger charge is 2.11. The Kier molecular flexibility index (Phi) is 7.17. The Hall–Kier alpha value is -2.20. The Morgan fingerprint density at radius 1 is 0.625 bits per heavy atom. The number of benzene rings is 4. The Morgan fingerprint density at radius 2 is 1.38 bits per heavy atom. The number of aryl methyl sites for hydroxylation is 1. The van der Waals surface area contributed by atoms with Crippen molar-refractivity contribution in [3.8, 4) is 0 Å². The number of rotatable bonds is 5. The lowest BCUT2D eigenvalue weighted by molar-refractivity contribution is 0.260. The van der Waals surface area contributed by atoms with Gasteiger partial charge >= 0.3 is 0 Å². The lowest BCUT2D eigenvalue weighted by Crippen LogP contribution is -2.37. The fraction of sp³-hybridized carbons (Fsp3) is 0.448. The number of hydrogen-bond acceptors (Lipinski definition) is 3. The van der Waals surface area contributed by atoms with Crippen LogP contribution in [-0.2, 0) is 6.42 Å². The van der Waals surface area contributed by atoms with Crippen LogP contribution in [-0.4, -0.2) is 50.7 Å². The monoisotopic (exact) mass is 427 g/mol. The Labute approximate surface area is 192 Å². The molecule has 2 N–H and O–H groups in total. The molecule has 0 amide bonds. The molecule has 0 bridgehead atoms. The smallest absolute Gasteiger partial charge is 0.0107 e. The third kappa shape index (κ3) is 4.91. The molecule has 0 atom stereocenters. The van der Waals surface area contributed by atoms with Crippen LogP contribution in [0.4, 0.5) is 0 Å². The molecule has 1 aliphatic heterocycles. The highest BCUT2D eigenvalue weighted by atomic mass is 15.1. The summed E-state index contributed by atoms with van der Waals surface area (Å²) in [6.07, 6.45) is 7.70. The first-order valence-corrected chi connectivity index (χ1v) is 12.7. The fourth-order valence-corrected chi connectivity index (χ4v) is 5.43. The van der Waals surface area contributed by atoms with E-state index in [-0.39, 0.29) is 0 Å². The third-order valence-electron chi connectivity index (χ3n) is 7.20. The molecule has 3 nitrogen and oxygen atoms in total. The lowest BCUT2D eigenvalue weighted by Gasteiger charge is -2.23. The topological polar surface area (TPSA) is 27.3 Å². The van der Waals surface area contributed by atoms with Crippen LogP contribution in [0.5, 0.6) is 0 Å². The molecule has 0 aliphatic carbocycles. The van der Waals surface area contributed by atoms with E-state index in [1.165, 1.54) is 103 Å². The Balaban J connectivity index is 1.23. The van der Waals surface area contributed by atoms with E-state index >= 15 is 0 Å². The highest BCUT2D eigenvalue weighted by Crippen LogP contribution is 2.36. The SMILES string of the molecule is c1cc2ccc3ccc(CCCCN4CCCCCNCCNCC4)c4ccc(c1)c2c34. The van der Waals surface area contributed by atoms with Crippen LogP contribution in [0.25, 0.3) is 32.3 Å². The van der Waals surface area contributed by atoms with Crippen molar-refractivity contribution in [1.82, 2.24) is 15.5 Å². The summed E-state index contributed by atoms with van der Waals surface area (Å²) in [6.45, 7) is 8.12. The summed E-state index contributed by atoms with van der Waals surface area (Å²) in [5.74, 6) is 0. The molecule has 0 saturated carbocycles. The van der Waals surface area contributed by atoms with Crippen LogP contribution in [0, 0.1) is 0 Å². The van der Waals surface area contributed by atoms with E-state index in [0.29, 0.717) is 0 Å². The average Bonchev–Trinajstić information content (AvgIpc) is 2.82. The largest absolute Gasteiger partial charge is 0.315 e. The van der Waals surface area contributed by atoms with Crippen LogP contribution >= 0.6 is 0 Å². The number of nitrogens with zero attached hydrogens (tertiary/aromatic N) is 1. The van der Waals surface area contributed by atoms with Gasteiger partial charge in [-0.1, -0.05) is 61.0 Å². The molecule has 4 aromatic rings. The van der Waals surface area contributed by atoms with Crippen molar-refractivity contribution in [2.75, 3.05) is 45.8 Å². The molecule has 5 rings (SSSR count). The maximum absolute atomic E-state index is 3.59. The summed E-state index contributed by atoms with van der Waals surface area (Å²) >= 11 is 0. The van der Waals surface area contributed by atoms with Crippen molar-refractivity contribution >= 4 is 32.3 Å². The van der Waals surface area contributed by atoms with Gasteiger partial charge in [-0.3, -0.25) is 0 Å². The minimum absolute atomic E-state index is 1.09. The molecule has 4 aromatic carbocycles. The lowest BCUT2D eigenvalue weighted by atomic mass is 9.90. The van der Waals surface area contributed by atoms with Gasteiger partial charge in [0.25, 0.3) is 0 Å².